The molecule has 16 heavy (non-hydrogen) atoms. The Hall–Kier alpha value is -0.860. The van der Waals surface area contributed by atoms with Crippen molar-refractivity contribution in [1.82, 2.24) is 5.32 Å². The van der Waals surface area contributed by atoms with Gasteiger partial charge in [-0.25, -0.2) is 0 Å². The van der Waals surface area contributed by atoms with E-state index in [9.17, 15) is 5.11 Å². The van der Waals surface area contributed by atoms with Gasteiger partial charge in [0.1, 0.15) is 0 Å². The van der Waals surface area contributed by atoms with E-state index in [1.54, 1.807) is 0 Å². The fraction of sp³-hybridized carbons (Fsp3) is 0.571. The summed E-state index contributed by atoms with van der Waals surface area (Å²) in [4.78, 5) is 0. The molecule has 0 saturated carbocycles. The van der Waals surface area contributed by atoms with Crippen LogP contribution in [0.4, 0.5) is 0 Å². The number of hydrogen-bond acceptors (Lipinski definition) is 2. The molecule has 0 bridgehead atoms. The zero-order valence-electron chi connectivity index (χ0n) is 10.9. The fourth-order valence-corrected chi connectivity index (χ4v) is 1.74. The Morgan fingerprint density at radius 2 is 1.75 bits per heavy atom. The lowest BCUT2D eigenvalue weighted by Crippen LogP contribution is -2.45. The smallest absolute Gasteiger partial charge is 0.0741 e. The Kier molecular flexibility index (Phi) is 4.11. The third-order valence-corrected chi connectivity index (χ3v) is 3.21. The standard InChI is InChI=1S/C14H23NO/c1-10-8-6-7-9-13(10)11(2)15-12(3)14(4,5)16/h6-9,11-12,15-16H,1-5H3/t11-,12?/m1/s1. The Morgan fingerprint density at radius 1 is 1.19 bits per heavy atom. The van der Waals surface area contributed by atoms with E-state index in [1.807, 2.05) is 26.8 Å². The minimum atomic E-state index is -0.697. The van der Waals surface area contributed by atoms with E-state index in [0.717, 1.165) is 0 Å². The molecule has 0 amide bonds. The van der Waals surface area contributed by atoms with Gasteiger partial charge in [0.25, 0.3) is 0 Å². The van der Waals surface area contributed by atoms with Crippen molar-refractivity contribution >= 4 is 0 Å². The van der Waals surface area contributed by atoms with Crippen LogP contribution in [0.25, 0.3) is 0 Å². The summed E-state index contributed by atoms with van der Waals surface area (Å²) in [5.74, 6) is 0. The van der Waals surface area contributed by atoms with Crippen LogP contribution in [-0.4, -0.2) is 16.7 Å². The molecule has 0 aliphatic heterocycles. The van der Waals surface area contributed by atoms with Gasteiger partial charge in [0, 0.05) is 12.1 Å². The van der Waals surface area contributed by atoms with E-state index in [4.69, 9.17) is 0 Å². The van der Waals surface area contributed by atoms with E-state index in [2.05, 4.69) is 37.4 Å². The minimum absolute atomic E-state index is 0.0575. The molecule has 1 aromatic carbocycles. The molecule has 1 rings (SSSR count). The normalized spacial score (nSPS) is 15.9. The maximum atomic E-state index is 9.89. The van der Waals surface area contributed by atoms with Crippen molar-refractivity contribution in [2.24, 2.45) is 0 Å². The van der Waals surface area contributed by atoms with E-state index < -0.39 is 5.60 Å². The van der Waals surface area contributed by atoms with Gasteiger partial charge in [-0.15, -0.1) is 0 Å². The second-order valence-corrected chi connectivity index (χ2v) is 5.12. The number of hydrogen-bond donors (Lipinski definition) is 2. The van der Waals surface area contributed by atoms with Crippen LogP contribution in [0.1, 0.15) is 44.9 Å². The number of aryl methyl sites for hydroxylation is 1. The lowest BCUT2D eigenvalue weighted by Gasteiger charge is -2.30. The number of rotatable bonds is 4. The molecule has 2 heteroatoms. The van der Waals surface area contributed by atoms with Crippen LogP contribution in [-0.2, 0) is 0 Å². The van der Waals surface area contributed by atoms with Crippen LogP contribution < -0.4 is 5.32 Å². The molecule has 2 N–H and O–H groups in total. The highest BCUT2D eigenvalue weighted by molar-refractivity contribution is 5.28. The average Bonchev–Trinajstić information content (AvgIpc) is 2.16. The highest BCUT2D eigenvalue weighted by Gasteiger charge is 2.23. The fourth-order valence-electron chi connectivity index (χ4n) is 1.74. The van der Waals surface area contributed by atoms with Gasteiger partial charge < -0.3 is 10.4 Å². The Bertz CT molecular complexity index is 341. The molecular weight excluding hydrogens is 198 g/mol. The third-order valence-electron chi connectivity index (χ3n) is 3.21. The molecule has 1 unspecified atom stereocenters. The maximum absolute atomic E-state index is 9.89. The highest BCUT2D eigenvalue weighted by Crippen LogP contribution is 2.19. The number of benzene rings is 1. The van der Waals surface area contributed by atoms with Crippen LogP contribution in [0.2, 0.25) is 0 Å². The molecule has 0 heterocycles. The molecule has 0 saturated heterocycles. The summed E-state index contributed by atoms with van der Waals surface area (Å²) >= 11 is 0. The summed E-state index contributed by atoms with van der Waals surface area (Å²) in [7, 11) is 0. The van der Waals surface area contributed by atoms with E-state index >= 15 is 0 Å². The predicted molar refractivity (Wildman–Crippen MR) is 68.5 cm³/mol. The molecule has 0 aromatic heterocycles. The lowest BCUT2D eigenvalue weighted by atomic mass is 9.97. The molecule has 2 nitrogen and oxygen atoms in total. The largest absolute Gasteiger partial charge is 0.389 e. The molecular formula is C14H23NO. The van der Waals surface area contributed by atoms with Crippen LogP contribution in [0.3, 0.4) is 0 Å². The van der Waals surface area contributed by atoms with Gasteiger partial charge in [0.05, 0.1) is 5.60 Å². The number of aliphatic hydroxyl groups is 1. The molecule has 0 spiro atoms. The third kappa shape index (κ3) is 3.32. The van der Waals surface area contributed by atoms with Gasteiger partial charge in [-0.05, 0) is 45.7 Å². The summed E-state index contributed by atoms with van der Waals surface area (Å²) < 4.78 is 0. The molecule has 1 aromatic rings. The molecule has 0 fully saturated rings. The van der Waals surface area contributed by atoms with Crippen LogP contribution in [0.15, 0.2) is 24.3 Å². The summed E-state index contributed by atoms with van der Waals surface area (Å²) in [6.45, 7) is 9.91. The molecule has 0 aliphatic rings. The van der Waals surface area contributed by atoms with Crippen molar-refractivity contribution < 1.29 is 5.11 Å². The summed E-state index contributed by atoms with van der Waals surface area (Å²) in [6, 6.07) is 8.65. The molecule has 2 atom stereocenters. The maximum Gasteiger partial charge on any atom is 0.0741 e. The van der Waals surface area contributed by atoms with Gasteiger partial charge in [-0.3, -0.25) is 0 Å². The van der Waals surface area contributed by atoms with E-state index in [1.165, 1.54) is 11.1 Å². The van der Waals surface area contributed by atoms with Crippen molar-refractivity contribution in [2.75, 3.05) is 0 Å². The minimum Gasteiger partial charge on any atom is -0.389 e. The Balaban J connectivity index is 2.73. The zero-order valence-corrected chi connectivity index (χ0v) is 10.9. The molecule has 0 radical (unpaired) electrons. The zero-order chi connectivity index (χ0) is 12.3. The second-order valence-electron chi connectivity index (χ2n) is 5.12. The lowest BCUT2D eigenvalue weighted by molar-refractivity contribution is 0.0405. The van der Waals surface area contributed by atoms with E-state index in [0.29, 0.717) is 0 Å². The van der Waals surface area contributed by atoms with Crippen molar-refractivity contribution in [1.29, 1.82) is 0 Å². The number of nitrogens with one attached hydrogen (secondary N) is 1. The quantitative estimate of drug-likeness (QED) is 0.819. The first-order chi connectivity index (χ1) is 7.32. The second kappa shape index (κ2) is 4.98. The molecule has 0 aliphatic carbocycles. The monoisotopic (exact) mass is 221 g/mol. The van der Waals surface area contributed by atoms with Crippen LogP contribution >= 0.6 is 0 Å². The predicted octanol–water partition coefficient (Wildman–Crippen LogP) is 2.81. The van der Waals surface area contributed by atoms with Crippen molar-refractivity contribution in [2.45, 2.75) is 52.3 Å². The van der Waals surface area contributed by atoms with Crippen molar-refractivity contribution in [3.8, 4) is 0 Å². The van der Waals surface area contributed by atoms with Gasteiger partial charge in [-0.2, -0.15) is 0 Å². The first-order valence-electron chi connectivity index (χ1n) is 5.86. The van der Waals surface area contributed by atoms with Crippen molar-refractivity contribution in [3.05, 3.63) is 35.4 Å². The first kappa shape index (κ1) is 13.2. The van der Waals surface area contributed by atoms with Crippen molar-refractivity contribution in [3.63, 3.8) is 0 Å². The SMILES string of the molecule is Cc1ccccc1[C@@H](C)NC(C)C(C)(C)O. The average molecular weight is 221 g/mol. The summed E-state index contributed by atoms with van der Waals surface area (Å²) in [5, 5.41) is 13.3. The Labute approximate surface area is 98.7 Å². The van der Waals surface area contributed by atoms with E-state index in [-0.39, 0.29) is 12.1 Å². The Morgan fingerprint density at radius 3 is 2.25 bits per heavy atom. The first-order valence-corrected chi connectivity index (χ1v) is 5.86. The topological polar surface area (TPSA) is 32.3 Å². The van der Waals surface area contributed by atoms with Gasteiger partial charge in [-0.1, -0.05) is 24.3 Å². The summed E-state index contributed by atoms with van der Waals surface area (Å²) in [6.07, 6.45) is 0. The highest BCUT2D eigenvalue weighted by atomic mass is 16.3. The molecule has 90 valence electrons. The van der Waals surface area contributed by atoms with Crippen LogP contribution in [0, 0.1) is 6.92 Å². The summed E-state index contributed by atoms with van der Waals surface area (Å²) in [5.41, 5.74) is 1.88. The van der Waals surface area contributed by atoms with Gasteiger partial charge in [0.15, 0.2) is 0 Å². The van der Waals surface area contributed by atoms with Gasteiger partial charge >= 0.3 is 0 Å². The van der Waals surface area contributed by atoms with Crippen LogP contribution in [0.5, 0.6) is 0 Å². The van der Waals surface area contributed by atoms with Gasteiger partial charge in [0.2, 0.25) is 0 Å².